The molecule has 2 nitrogen and oxygen atoms in total. The highest BCUT2D eigenvalue weighted by atomic mass is 19.1. The van der Waals surface area contributed by atoms with E-state index in [1.807, 2.05) is 6.07 Å². The van der Waals surface area contributed by atoms with Crippen LogP contribution in [0.1, 0.15) is 50.6 Å². The van der Waals surface area contributed by atoms with E-state index in [2.05, 4.69) is 0 Å². The van der Waals surface area contributed by atoms with Crippen molar-refractivity contribution in [3.8, 4) is 5.75 Å². The lowest BCUT2D eigenvalue weighted by Crippen LogP contribution is -2.17. The SMILES string of the molecule is C[C@H](N)c1c(F)cccc1OCC1CCCCC1. The fourth-order valence-corrected chi connectivity index (χ4v) is 2.65. The van der Waals surface area contributed by atoms with Gasteiger partial charge in [-0.1, -0.05) is 25.3 Å². The van der Waals surface area contributed by atoms with Crippen molar-refractivity contribution in [2.75, 3.05) is 6.61 Å². The number of hydrogen-bond donors (Lipinski definition) is 1. The lowest BCUT2D eigenvalue weighted by molar-refractivity contribution is 0.206. The lowest BCUT2D eigenvalue weighted by atomic mass is 9.90. The Morgan fingerprint density at radius 2 is 2.06 bits per heavy atom. The highest BCUT2D eigenvalue weighted by Crippen LogP contribution is 2.29. The molecule has 1 aliphatic carbocycles. The molecule has 0 radical (unpaired) electrons. The number of ether oxygens (including phenoxy) is 1. The maximum Gasteiger partial charge on any atom is 0.131 e. The molecule has 0 bridgehead atoms. The monoisotopic (exact) mass is 251 g/mol. The molecule has 1 aromatic carbocycles. The Kier molecular flexibility index (Phi) is 4.59. The van der Waals surface area contributed by atoms with E-state index in [-0.39, 0.29) is 11.9 Å². The molecule has 0 aliphatic heterocycles. The first-order valence-corrected chi connectivity index (χ1v) is 6.85. The van der Waals surface area contributed by atoms with Crippen LogP contribution in [-0.2, 0) is 0 Å². The predicted octanol–water partition coefficient (Wildman–Crippen LogP) is 3.80. The molecule has 0 aromatic heterocycles. The average Bonchev–Trinajstić information content (AvgIpc) is 2.37. The number of benzene rings is 1. The van der Waals surface area contributed by atoms with Crippen LogP contribution in [-0.4, -0.2) is 6.61 Å². The van der Waals surface area contributed by atoms with Crippen molar-refractivity contribution in [3.63, 3.8) is 0 Å². The summed E-state index contributed by atoms with van der Waals surface area (Å²) in [6, 6.07) is 4.58. The minimum absolute atomic E-state index is 0.272. The third-order valence-electron chi connectivity index (χ3n) is 3.67. The van der Waals surface area contributed by atoms with Crippen molar-refractivity contribution in [2.24, 2.45) is 11.7 Å². The second-order valence-corrected chi connectivity index (χ2v) is 5.26. The van der Waals surface area contributed by atoms with Crippen molar-refractivity contribution >= 4 is 0 Å². The second kappa shape index (κ2) is 6.19. The zero-order chi connectivity index (χ0) is 13.0. The van der Waals surface area contributed by atoms with E-state index in [0.29, 0.717) is 23.8 Å². The Hall–Kier alpha value is -1.09. The van der Waals surface area contributed by atoms with Crippen molar-refractivity contribution in [2.45, 2.75) is 45.1 Å². The van der Waals surface area contributed by atoms with E-state index in [0.717, 1.165) is 0 Å². The van der Waals surface area contributed by atoms with Gasteiger partial charge in [0.05, 0.1) is 6.61 Å². The third-order valence-corrected chi connectivity index (χ3v) is 3.67. The summed E-state index contributed by atoms with van der Waals surface area (Å²) in [6.45, 7) is 2.47. The predicted molar refractivity (Wildman–Crippen MR) is 71.1 cm³/mol. The van der Waals surface area contributed by atoms with Gasteiger partial charge in [-0.15, -0.1) is 0 Å². The summed E-state index contributed by atoms with van der Waals surface area (Å²) < 4.78 is 19.5. The van der Waals surface area contributed by atoms with Gasteiger partial charge in [-0.2, -0.15) is 0 Å². The molecule has 1 aliphatic rings. The molecule has 1 aromatic rings. The number of halogens is 1. The summed E-state index contributed by atoms with van der Waals surface area (Å²) in [6.07, 6.45) is 6.36. The third kappa shape index (κ3) is 3.22. The molecule has 0 spiro atoms. The van der Waals surface area contributed by atoms with Crippen LogP contribution in [0, 0.1) is 11.7 Å². The van der Waals surface area contributed by atoms with Gasteiger partial charge in [0.25, 0.3) is 0 Å². The first-order chi connectivity index (χ1) is 8.68. The maximum atomic E-state index is 13.7. The quantitative estimate of drug-likeness (QED) is 0.883. The van der Waals surface area contributed by atoms with E-state index in [1.165, 1.54) is 38.2 Å². The van der Waals surface area contributed by atoms with Crippen LogP contribution in [0.25, 0.3) is 0 Å². The van der Waals surface area contributed by atoms with Crippen molar-refractivity contribution in [1.29, 1.82) is 0 Å². The Balaban J connectivity index is 2.02. The molecular weight excluding hydrogens is 229 g/mol. The van der Waals surface area contributed by atoms with Crippen LogP contribution in [0.4, 0.5) is 4.39 Å². The fourth-order valence-electron chi connectivity index (χ4n) is 2.65. The highest BCUT2D eigenvalue weighted by Gasteiger charge is 2.17. The van der Waals surface area contributed by atoms with E-state index in [9.17, 15) is 4.39 Å². The van der Waals surface area contributed by atoms with E-state index >= 15 is 0 Å². The molecule has 2 N–H and O–H groups in total. The minimum atomic E-state index is -0.340. The van der Waals surface area contributed by atoms with Crippen molar-refractivity contribution in [1.82, 2.24) is 0 Å². The van der Waals surface area contributed by atoms with Gasteiger partial charge in [0.1, 0.15) is 11.6 Å². The van der Waals surface area contributed by atoms with Crippen LogP contribution in [0.3, 0.4) is 0 Å². The Bertz CT molecular complexity index is 386. The minimum Gasteiger partial charge on any atom is -0.493 e. The van der Waals surface area contributed by atoms with E-state index in [1.54, 1.807) is 13.0 Å². The first kappa shape index (κ1) is 13.3. The maximum absolute atomic E-state index is 13.7. The molecule has 0 heterocycles. The molecular formula is C15H22FNO. The summed E-state index contributed by atoms with van der Waals surface area (Å²) >= 11 is 0. The topological polar surface area (TPSA) is 35.2 Å². The highest BCUT2D eigenvalue weighted by molar-refractivity contribution is 5.36. The van der Waals surface area contributed by atoms with Crippen molar-refractivity contribution in [3.05, 3.63) is 29.6 Å². The zero-order valence-electron chi connectivity index (χ0n) is 11.0. The van der Waals surface area contributed by atoms with E-state index < -0.39 is 0 Å². The molecule has 0 unspecified atom stereocenters. The van der Waals surface area contributed by atoms with Crippen LogP contribution >= 0.6 is 0 Å². The van der Waals surface area contributed by atoms with Crippen molar-refractivity contribution < 1.29 is 9.13 Å². The molecule has 1 fully saturated rings. The van der Waals surface area contributed by atoms with Gasteiger partial charge in [0.15, 0.2) is 0 Å². The van der Waals surface area contributed by atoms with Gasteiger partial charge in [-0.05, 0) is 37.8 Å². The largest absolute Gasteiger partial charge is 0.493 e. The van der Waals surface area contributed by atoms with Gasteiger partial charge < -0.3 is 10.5 Å². The normalized spacial score (nSPS) is 18.6. The zero-order valence-corrected chi connectivity index (χ0v) is 11.0. The second-order valence-electron chi connectivity index (χ2n) is 5.26. The molecule has 100 valence electrons. The van der Waals surface area contributed by atoms with Gasteiger partial charge in [0.2, 0.25) is 0 Å². The fraction of sp³-hybridized carbons (Fsp3) is 0.600. The lowest BCUT2D eigenvalue weighted by Gasteiger charge is -2.23. The van der Waals surface area contributed by atoms with Crippen LogP contribution in [0.2, 0.25) is 0 Å². The Morgan fingerprint density at radius 1 is 1.33 bits per heavy atom. The summed E-state index contributed by atoms with van der Waals surface area (Å²) in [5.74, 6) is 0.949. The van der Waals surface area contributed by atoms with Gasteiger partial charge in [-0.25, -0.2) is 4.39 Å². The molecule has 18 heavy (non-hydrogen) atoms. The smallest absolute Gasteiger partial charge is 0.131 e. The van der Waals surface area contributed by atoms with Gasteiger partial charge >= 0.3 is 0 Å². The summed E-state index contributed by atoms with van der Waals surface area (Å²) in [5, 5.41) is 0. The number of nitrogens with two attached hydrogens (primary N) is 1. The molecule has 0 amide bonds. The summed E-state index contributed by atoms with van der Waals surface area (Å²) in [5.41, 5.74) is 6.30. The average molecular weight is 251 g/mol. The molecule has 1 atom stereocenters. The Morgan fingerprint density at radius 3 is 2.72 bits per heavy atom. The summed E-state index contributed by atoms with van der Waals surface area (Å²) in [4.78, 5) is 0. The first-order valence-electron chi connectivity index (χ1n) is 6.85. The van der Waals surface area contributed by atoms with Crippen LogP contribution in [0.5, 0.6) is 5.75 Å². The molecule has 0 saturated heterocycles. The number of hydrogen-bond acceptors (Lipinski definition) is 2. The summed E-state index contributed by atoms with van der Waals surface area (Å²) in [7, 11) is 0. The number of rotatable bonds is 4. The molecule has 2 rings (SSSR count). The van der Waals surface area contributed by atoms with Crippen LogP contribution < -0.4 is 10.5 Å². The van der Waals surface area contributed by atoms with Crippen LogP contribution in [0.15, 0.2) is 18.2 Å². The Labute approximate surface area is 108 Å². The molecule has 1 saturated carbocycles. The van der Waals surface area contributed by atoms with E-state index in [4.69, 9.17) is 10.5 Å². The van der Waals surface area contributed by atoms with Gasteiger partial charge in [0, 0.05) is 11.6 Å². The standard InChI is InChI=1S/C15H22FNO/c1-11(17)15-13(16)8-5-9-14(15)18-10-12-6-3-2-4-7-12/h5,8-9,11-12H,2-4,6-7,10,17H2,1H3/t11-/m0/s1. The van der Waals surface area contributed by atoms with Gasteiger partial charge in [-0.3, -0.25) is 0 Å². The molecule has 3 heteroatoms.